The van der Waals surface area contributed by atoms with Crippen molar-refractivity contribution in [3.05, 3.63) is 95.6 Å². The van der Waals surface area contributed by atoms with Crippen LogP contribution < -0.4 is 11.1 Å². The highest BCUT2D eigenvalue weighted by Gasteiger charge is 2.34. The van der Waals surface area contributed by atoms with Crippen molar-refractivity contribution in [2.75, 3.05) is 13.1 Å². The second-order valence-corrected chi connectivity index (χ2v) is 9.24. The van der Waals surface area contributed by atoms with Crippen molar-refractivity contribution >= 4 is 11.8 Å². The molecular formula is C30H35N3O2. The summed E-state index contributed by atoms with van der Waals surface area (Å²) in [6.07, 6.45) is 4.90. The van der Waals surface area contributed by atoms with E-state index in [2.05, 4.69) is 41.7 Å². The Morgan fingerprint density at radius 3 is 2.20 bits per heavy atom. The Morgan fingerprint density at radius 1 is 0.800 bits per heavy atom. The molecule has 0 radical (unpaired) electrons. The molecule has 1 heterocycles. The van der Waals surface area contributed by atoms with Gasteiger partial charge in [-0.25, -0.2) is 0 Å². The Balaban J connectivity index is 1.42. The van der Waals surface area contributed by atoms with E-state index in [1.165, 1.54) is 0 Å². The van der Waals surface area contributed by atoms with E-state index in [9.17, 15) is 9.59 Å². The fourth-order valence-corrected chi connectivity index (χ4v) is 4.69. The van der Waals surface area contributed by atoms with Crippen LogP contribution in [-0.4, -0.2) is 35.8 Å². The van der Waals surface area contributed by atoms with E-state index in [4.69, 9.17) is 5.73 Å². The van der Waals surface area contributed by atoms with E-state index < -0.39 is 6.04 Å². The van der Waals surface area contributed by atoms with Gasteiger partial charge in [0, 0.05) is 19.5 Å². The minimum Gasteiger partial charge on any atom is -0.354 e. The monoisotopic (exact) mass is 469 g/mol. The zero-order valence-corrected chi connectivity index (χ0v) is 20.3. The van der Waals surface area contributed by atoms with Crippen LogP contribution in [0.4, 0.5) is 0 Å². The van der Waals surface area contributed by atoms with Gasteiger partial charge in [0.05, 0.1) is 6.42 Å². The molecule has 5 nitrogen and oxygen atoms in total. The Kier molecular flexibility index (Phi) is 8.68. The summed E-state index contributed by atoms with van der Waals surface area (Å²) in [4.78, 5) is 28.3. The highest BCUT2D eigenvalue weighted by molar-refractivity contribution is 5.89. The number of hydrogen-bond acceptors (Lipinski definition) is 3. The number of benzene rings is 3. The quantitative estimate of drug-likeness (QED) is 0.430. The van der Waals surface area contributed by atoms with Crippen molar-refractivity contribution in [1.29, 1.82) is 0 Å². The van der Waals surface area contributed by atoms with Gasteiger partial charge < -0.3 is 16.0 Å². The van der Waals surface area contributed by atoms with Crippen molar-refractivity contribution in [3.8, 4) is 11.1 Å². The third-order valence-electron chi connectivity index (χ3n) is 6.72. The molecule has 2 amide bonds. The van der Waals surface area contributed by atoms with Gasteiger partial charge in [-0.3, -0.25) is 9.59 Å². The molecule has 0 aliphatic carbocycles. The number of nitrogens with two attached hydrogens (primary N) is 1. The molecular weight excluding hydrogens is 434 g/mol. The molecule has 0 fully saturated rings. The molecule has 35 heavy (non-hydrogen) atoms. The molecule has 0 aromatic heterocycles. The smallest absolute Gasteiger partial charge is 0.243 e. The fourth-order valence-electron chi connectivity index (χ4n) is 4.69. The first-order valence-corrected chi connectivity index (χ1v) is 12.6. The first-order chi connectivity index (χ1) is 17.2. The second-order valence-electron chi connectivity index (χ2n) is 9.24. The summed E-state index contributed by atoms with van der Waals surface area (Å²) in [7, 11) is 0. The van der Waals surface area contributed by atoms with Gasteiger partial charge >= 0.3 is 0 Å². The lowest BCUT2D eigenvalue weighted by molar-refractivity contribution is -0.141. The molecule has 1 unspecified atom stereocenters. The summed E-state index contributed by atoms with van der Waals surface area (Å²) in [5.74, 6) is -0.0823. The van der Waals surface area contributed by atoms with Gasteiger partial charge in [0.25, 0.3) is 0 Å². The normalized spacial score (nSPS) is 14.9. The van der Waals surface area contributed by atoms with Crippen LogP contribution in [0.15, 0.2) is 78.9 Å². The number of fused-ring (bicyclic) bond motifs is 1. The Bertz CT molecular complexity index is 1110. The molecule has 3 N–H and O–H groups in total. The molecule has 4 rings (SSSR count). The van der Waals surface area contributed by atoms with Crippen LogP contribution in [0.2, 0.25) is 0 Å². The molecule has 0 bridgehead atoms. The molecule has 3 aromatic carbocycles. The summed E-state index contributed by atoms with van der Waals surface area (Å²) in [6, 6.07) is 25.9. The standard InChI is InChI=1S/C30H35N3O2/c31-18-8-1-2-9-19-32-30(35)28-21-26-12-6-7-13-27(26)22-33(28)29(34)20-23-14-16-25(17-15-23)24-10-4-3-5-11-24/h3-7,10-17,28H,1-2,8-9,18-22,31H2,(H,32,35). The number of unbranched alkanes of at least 4 members (excludes halogenated alkanes) is 3. The number of nitrogens with zero attached hydrogens (tertiary/aromatic N) is 1. The third-order valence-corrected chi connectivity index (χ3v) is 6.72. The lowest BCUT2D eigenvalue weighted by Crippen LogP contribution is -2.53. The minimum absolute atomic E-state index is 0.0185. The SMILES string of the molecule is NCCCCCCNC(=O)C1Cc2ccccc2CN1C(=O)Cc1ccc(-c2ccccc2)cc1. The van der Waals surface area contributed by atoms with Crippen LogP contribution in [0.3, 0.4) is 0 Å². The number of nitrogens with one attached hydrogen (secondary N) is 1. The molecule has 0 saturated heterocycles. The average molecular weight is 470 g/mol. The van der Waals surface area contributed by atoms with E-state index in [1.54, 1.807) is 4.90 Å². The second kappa shape index (κ2) is 12.3. The summed E-state index contributed by atoms with van der Waals surface area (Å²) in [5.41, 5.74) is 11.0. The van der Waals surface area contributed by atoms with Gasteiger partial charge in [0.2, 0.25) is 11.8 Å². The van der Waals surface area contributed by atoms with Crippen molar-refractivity contribution in [2.45, 2.75) is 51.1 Å². The number of hydrogen-bond donors (Lipinski definition) is 2. The van der Waals surface area contributed by atoms with Crippen molar-refractivity contribution in [1.82, 2.24) is 10.2 Å². The van der Waals surface area contributed by atoms with Crippen LogP contribution in [0.1, 0.15) is 42.4 Å². The van der Waals surface area contributed by atoms with Gasteiger partial charge in [-0.15, -0.1) is 0 Å². The minimum atomic E-state index is -0.481. The van der Waals surface area contributed by atoms with Gasteiger partial charge in [-0.1, -0.05) is 91.7 Å². The summed E-state index contributed by atoms with van der Waals surface area (Å²) in [6.45, 7) is 1.80. The molecule has 182 valence electrons. The Morgan fingerprint density at radius 2 is 1.46 bits per heavy atom. The molecule has 0 spiro atoms. The first kappa shape index (κ1) is 24.7. The van der Waals surface area contributed by atoms with Gasteiger partial charge in [0.15, 0.2) is 0 Å². The molecule has 5 heteroatoms. The van der Waals surface area contributed by atoms with Crippen molar-refractivity contribution < 1.29 is 9.59 Å². The maximum Gasteiger partial charge on any atom is 0.243 e. The van der Waals surface area contributed by atoms with E-state index >= 15 is 0 Å². The van der Waals surface area contributed by atoms with Crippen LogP contribution >= 0.6 is 0 Å². The number of carbonyl (C=O) groups excluding carboxylic acids is 2. The molecule has 1 atom stereocenters. The summed E-state index contributed by atoms with van der Waals surface area (Å²) >= 11 is 0. The first-order valence-electron chi connectivity index (χ1n) is 12.6. The summed E-state index contributed by atoms with van der Waals surface area (Å²) in [5, 5.41) is 3.07. The highest BCUT2D eigenvalue weighted by atomic mass is 16.2. The number of rotatable bonds is 10. The molecule has 1 aliphatic heterocycles. The van der Waals surface area contributed by atoms with Crippen molar-refractivity contribution in [2.24, 2.45) is 5.73 Å². The van der Waals surface area contributed by atoms with E-state index in [0.29, 0.717) is 26.1 Å². The largest absolute Gasteiger partial charge is 0.354 e. The van der Waals surface area contributed by atoms with Gasteiger partial charge in [-0.2, -0.15) is 0 Å². The molecule has 1 aliphatic rings. The molecule has 0 saturated carbocycles. The van der Waals surface area contributed by atoms with E-state index in [0.717, 1.165) is 53.5 Å². The lowest BCUT2D eigenvalue weighted by Gasteiger charge is -2.36. The van der Waals surface area contributed by atoms with Gasteiger partial charge in [0.1, 0.15) is 6.04 Å². The maximum absolute atomic E-state index is 13.4. The van der Waals surface area contributed by atoms with Crippen LogP contribution in [0.5, 0.6) is 0 Å². The van der Waals surface area contributed by atoms with E-state index in [-0.39, 0.29) is 18.2 Å². The average Bonchev–Trinajstić information content (AvgIpc) is 2.90. The third kappa shape index (κ3) is 6.58. The van der Waals surface area contributed by atoms with Crippen LogP contribution in [0.25, 0.3) is 11.1 Å². The number of carbonyl (C=O) groups is 2. The fraction of sp³-hybridized carbons (Fsp3) is 0.333. The molecule has 3 aromatic rings. The predicted molar refractivity (Wildman–Crippen MR) is 141 cm³/mol. The zero-order chi connectivity index (χ0) is 24.5. The van der Waals surface area contributed by atoms with Gasteiger partial charge in [-0.05, 0) is 47.2 Å². The summed E-state index contributed by atoms with van der Waals surface area (Å²) < 4.78 is 0. The maximum atomic E-state index is 13.4. The Labute approximate surface area is 208 Å². The highest BCUT2D eigenvalue weighted by Crippen LogP contribution is 2.25. The number of amides is 2. The van der Waals surface area contributed by atoms with Crippen molar-refractivity contribution in [3.63, 3.8) is 0 Å². The van der Waals surface area contributed by atoms with Crippen LogP contribution in [0, 0.1) is 0 Å². The predicted octanol–water partition coefficient (Wildman–Crippen LogP) is 4.48. The van der Waals surface area contributed by atoms with Crippen LogP contribution in [-0.2, 0) is 29.0 Å². The van der Waals surface area contributed by atoms with E-state index in [1.807, 2.05) is 42.5 Å². The topological polar surface area (TPSA) is 75.4 Å². The Hall–Kier alpha value is -3.44. The zero-order valence-electron chi connectivity index (χ0n) is 20.3. The lowest BCUT2D eigenvalue weighted by atomic mass is 9.92.